The number of para-hydroxylation sites is 1. The summed E-state index contributed by atoms with van der Waals surface area (Å²) < 4.78 is 33.0. The van der Waals surface area contributed by atoms with Gasteiger partial charge in [-0.2, -0.15) is 9.78 Å². The Bertz CT molecular complexity index is 2000. The van der Waals surface area contributed by atoms with Crippen molar-refractivity contribution in [1.29, 1.82) is 0 Å². The Hall–Kier alpha value is -4.47. The highest BCUT2D eigenvalue weighted by atomic mass is 79.9. The molecule has 0 unspecified atom stereocenters. The van der Waals surface area contributed by atoms with Crippen LogP contribution in [0.15, 0.2) is 104 Å². The van der Waals surface area contributed by atoms with Gasteiger partial charge in [-0.3, -0.25) is 4.79 Å². The minimum absolute atomic E-state index is 0.156. The summed E-state index contributed by atoms with van der Waals surface area (Å²) in [6, 6.07) is 23.6. The highest BCUT2D eigenvalue weighted by Crippen LogP contribution is 2.35. The molecule has 2 aromatic heterocycles. The molecule has 0 spiro atoms. The van der Waals surface area contributed by atoms with E-state index in [0.29, 0.717) is 48.8 Å². The normalized spacial score (nSPS) is 11.5. The topological polar surface area (TPSA) is 78.9 Å². The first-order valence-electron chi connectivity index (χ1n) is 12.4. The molecule has 0 radical (unpaired) electrons. The Kier molecular flexibility index (Phi) is 7.30. The molecule has 41 heavy (non-hydrogen) atoms. The van der Waals surface area contributed by atoms with Gasteiger partial charge in [-0.25, -0.2) is 9.37 Å². The van der Waals surface area contributed by atoms with E-state index in [1.807, 2.05) is 6.07 Å². The molecule has 6 aromatic rings. The minimum atomic E-state index is -0.379. The van der Waals surface area contributed by atoms with Crippen LogP contribution in [0.4, 0.5) is 4.39 Å². The van der Waals surface area contributed by atoms with Crippen LogP contribution in [0.25, 0.3) is 33.5 Å². The predicted molar refractivity (Wildman–Crippen MR) is 161 cm³/mol. The van der Waals surface area contributed by atoms with Gasteiger partial charge in [-0.1, -0.05) is 51.8 Å². The van der Waals surface area contributed by atoms with Crippen LogP contribution < -0.4 is 15.0 Å². The Morgan fingerprint density at radius 1 is 1.07 bits per heavy atom. The molecule has 0 aliphatic rings. The lowest BCUT2D eigenvalue weighted by molar-refractivity contribution is 0.284. The van der Waals surface area contributed by atoms with Crippen molar-refractivity contribution in [3.05, 3.63) is 122 Å². The molecule has 0 saturated heterocycles. The quantitative estimate of drug-likeness (QED) is 0.168. The number of nitrogens with zero attached hydrogens (tertiary/aromatic N) is 3. The van der Waals surface area contributed by atoms with E-state index in [4.69, 9.17) is 30.5 Å². The van der Waals surface area contributed by atoms with Gasteiger partial charge >= 0.3 is 0 Å². The fraction of sp³-hybridized carbons (Fsp3) is 0.0645. The molecule has 6 rings (SSSR count). The summed E-state index contributed by atoms with van der Waals surface area (Å²) in [5.41, 5.74) is 2.01. The smallest absolute Gasteiger partial charge is 0.282 e. The summed E-state index contributed by atoms with van der Waals surface area (Å²) in [6.45, 7) is 0.156. The van der Waals surface area contributed by atoms with Crippen molar-refractivity contribution in [2.75, 3.05) is 7.11 Å². The lowest BCUT2D eigenvalue weighted by Crippen LogP contribution is -2.20. The molecule has 0 amide bonds. The van der Waals surface area contributed by atoms with Crippen LogP contribution in [0.5, 0.6) is 11.5 Å². The number of hydrogen-bond acceptors (Lipinski definition) is 6. The third-order valence-electron chi connectivity index (χ3n) is 6.33. The maximum absolute atomic E-state index is 13.7. The molecule has 0 fully saturated rings. The average molecular weight is 633 g/mol. The second-order valence-corrected chi connectivity index (χ2v) is 10.4. The monoisotopic (exact) mass is 631 g/mol. The van der Waals surface area contributed by atoms with Crippen LogP contribution in [0.3, 0.4) is 0 Å². The molecule has 0 bridgehead atoms. The average Bonchev–Trinajstić information content (AvgIpc) is 3.39. The minimum Gasteiger partial charge on any atom is -0.493 e. The van der Waals surface area contributed by atoms with Crippen LogP contribution in [-0.4, -0.2) is 23.0 Å². The molecule has 0 aliphatic carbocycles. The number of aromatic nitrogens is 2. The summed E-state index contributed by atoms with van der Waals surface area (Å²) in [6.07, 6.45) is 1.49. The van der Waals surface area contributed by atoms with Gasteiger partial charge in [-0.05, 0) is 66.2 Å². The number of furan rings is 1. The first-order valence-corrected chi connectivity index (χ1v) is 13.6. The lowest BCUT2D eigenvalue weighted by Gasteiger charge is -2.14. The van der Waals surface area contributed by atoms with Crippen molar-refractivity contribution in [2.45, 2.75) is 6.61 Å². The van der Waals surface area contributed by atoms with Crippen molar-refractivity contribution in [3.63, 3.8) is 0 Å². The van der Waals surface area contributed by atoms with E-state index in [1.54, 1.807) is 66.7 Å². The van der Waals surface area contributed by atoms with Gasteiger partial charge in [-0.15, -0.1) is 0 Å². The van der Waals surface area contributed by atoms with Crippen molar-refractivity contribution < 1.29 is 18.3 Å². The number of fused-ring (bicyclic) bond motifs is 2. The predicted octanol–water partition coefficient (Wildman–Crippen LogP) is 7.83. The van der Waals surface area contributed by atoms with E-state index >= 15 is 0 Å². The standard InChI is InChI=1S/C31H20BrClFN3O4/c1-39-27-15-21(32)12-20(29(27)40-17-18-6-9-23(34)10-7-18)16-35-37-30(36-25-5-3-2-4-24(25)31(37)38)28-14-19-13-22(33)8-11-26(19)41-28/h2-16H,17H2,1H3. The number of halogens is 3. The van der Waals surface area contributed by atoms with Gasteiger partial charge < -0.3 is 13.9 Å². The third kappa shape index (κ3) is 5.46. The second kappa shape index (κ2) is 11.2. The van der Waals surface area contributed by atoms with Crippen LogP contribution in [0.2, 0.25) is 5.02 Å². The van der Waals surface area contributed by atoms with Gasteiger partial charge in [0, 0.05) is 20.4 Å². The zero-order chi connectivity index (χ0) is 28.5. The molecule has 10 heteroatoms. The lowest BCUT2D eigenvalue weighted by atomic mass is 10.2. The molecule has 2 heterocycles. The Labute approximate surface area is 246 Å². The van der Waals surface area contributed by atoms with Gasteiger partial charge in [0.25, 0.3) is 5.56 Å². The first-order chi connectivity index (χ1) is 19.9. The van der Waals surface area contributed by atoms with E-state index in [2.05, 4.69) is 21.0 Å². The largest absolute Gasteiger partial charge is 0.493 e. The molecular formula is C31H20BrClFN3O4. The number of benzene rings is 4. The molecule has 204 valence electrons. The molecule has 0 atom stereocenters. The first kappa shape index (κ1) is 26.7. The van der Waals surface area contributed by atoms with Crippen molar-refractivity contribution in [2.24, 2.45) is 5.10 Å². The van der Waals surface area contributed by atoms with E-state index in [-0.39, 0.29) is 23.8 Å². The summed E-state index contributed by atoms with van der Waals surface area (Å²) in [5, 5.41) is 6.28. The van der Waals surface area contributed by atoms with E-state index < -0.39 is 0 Å². The maximum Gasteiger partial charge on any atom is 0.282 e. The van der Waals surface area contributed by atoms with Crippen molar-refractivity contribution in [3.8, 4) is 23.1 Å². The summed E-state index contributed by atoms with van der Waals surface area (Å²) >= 11 is 9.67. The van der Waals surface area contributed by atoms with E-state index in [1.165, 1.54) is 30.1 Å². The third-order valence-corrected chi connectivity index (χ3v) is 7.02. The molecule has 0 saturated carbocycles. The SMILES string of the molecule is COc1cc(Br)cc(C=Nn2c(-c3cc4cc(Cl)ccc4o3)nc3ccccc3c2=O)c1OCc1ccc(F)cc1. The zero-order valence-corrected chi connectivity index (χ0v) is 23.8. The maximum atomic E-state index is 13.7. The van der Waals surface area contributed by atoms with Crippen molar-refractivity contribution in [1.82, 2.24) is 9.66 Å². The number of rotatable bonds is 7. The van der Waals surface area contributed by atoms with Crippen LogP contribution in [0.1, 0.15) is 11.1 Å². The highest BCUT2D eigenvalue weighted by Gasteiger charge is 2.18. The van der Waals surface area contributed by atoms with E-state index in [9.17, 15) is 9.18 Å². The number of hydrogen-bond donors (Lipinski definition) is 0. The molecule has 4 aromatic carbocycles. The second-order valence-electron chi connectivity index (χ2n) is 9.05. The molecular weight excluding hydrogens is 613 g/mol. The highest BCUT2D eigenvalue weighted by molar-refractivity contribution is 9.10. The van der Waals surface area contributed by atoms with Gasteiger partial charge in [0.1, 0.15) is 18.0 Å². The Balaban J connectivity index is 1.47. The van der Waals surface area contributed by atoms with Gasteiger partial charge in [0.15, 0.2) is 17.3 Å². The summed E-state index contributed by atoms with van der Waals surface area (Å²) in [5.74, 6) is 1.07. The Morgan fingerprint density at radius 2 is 1.88 bits per heavy atom. The zero-order valence-electron chi connectivity index (χ0n) is 21.5. The summed E-state index contributed by atoms with van der Waals surface area (Å²) in [7, 11) is 1.52. The van der Waals surface area contributed by atoms with Gasteiger partial charge in [0.05, 0.1) is 24.2 Å². The van der Waals surface area contributed by atoms with Crippen LogP contribution in [0, 0.1) is 5.82 Å². The summed E-state index contributed by atoms with van der Waals surface area (Å²) in [4.78, 5) is 18.4. The molecule has 0 N–H and O–H groups in total. The number of methoxy groups -OCH3 is 1. The fourth-order valence-corrected chi connectivity index (χ4v) is 5.00. The van der Waals surface area contributed by atoms with Crippen molar-refractivity contribution >= 4 is 55.6 Å². The van der Waals surface area contributed by atoms with Crippen LogP contribution in [-0.2, 0) is 6.61 Å². The van der Waals surface area contributed by atoms with Crippen LogP contribution >= 0.6 is 27.5 Å². The fourth-order valence-electron chi connectivity index (χ4n) is 4.36. The van der Waals surface area contributed by atoms with Gasteiger partial charge in [0.2, 0.25) is 5.82 Å². The molecule has 7 nitrogen and oxygen atoms in total. The Morgan fingerprint density at radius 3 is 2.68 bits per heavy atom. The van der Waals surface area contributed by atoms with E-state index in [0.717, 1.165) is 10.9 Å². The molecule has 0 aliphatic heterocycles. The number of ether oxygens (including phenoxy) is 2.